The average molecular weight is 259 g/mol. The fourth-order valence-electron chi connectivity index (χ4n) is 1.54. The molecule has 1 fully saturated rings. The third kappa shape index (κ3) is 3.52. The number of likely N-dealkylation sites (tertiary alicyclic amines) is 1. The minimum Gasteiger partial charge on any atom is -0.504 e. The highest BCUT2D eigenvalue weighted by molar-refractivity contribution is 5.99. The van der Waals surface area contributed by atoms with Gasteiger partial charge in [0.15, 0.2) is 5.76 Å². The Morgan fingerprint density at radius 3 is 2.28 bits per heavy atom. The lowest BCUT2D eigenvalue weighted by Crippen LogP contribution is -2.28. The normalized spacial score (nSPS) is 17.8. The lowest BCUT2D eigenvalue weighted by atomic mass is 10.2. The second kappa shape index (κ2) is 5.58. The van der Waals surface area contributed by atoms with E-state index in [0.29, 0.717) is 19.2 Å². The molecule has 0 atom stereocenters. The molecule has 0 bridgehead atoms. The van der Waals surface area contributed by atoms with Crippen LogP contribution in [-0.2, 0) is 0 Å². The fraction of sp³-hybridized carbons (Fsp3) is 0.455. The predicted octanol–water partition coefficient (Wildman–Crippen LogP) is 2.51. The van der Waals surface area contributed by atoms with Crippen LogP contribution in [0.3, 0.4) is 0 Å². The molecular weight excluding hydrogens is 247 g/mol. The molecule has 2 N–H and O–H groups in total. The van der Waals surface area contributed by atoms with Crippen molar-refractivity contribution in [1.29, 1.82) is 10.7 Å². The van der Waals surface area contributed by atoms with E-state index in [2.05, 4.69) is 0 Å². The zero-order chi connectivity index (χ0) is 13.8. The largest absolute Gasteiger partial charge is 0.504 e. The smallest absolute Gasteiger partial charge is 0.448 e. The SMILES string of the molecule is N#C/C(=C/C=C(/O)C(F)(F)F)C(=N)N1CCCC1. The van der Waals surface area contributed by atoms with E-state index in [9.17, 15) is 13.2 Å². The van der Waals surface area contributed by atoms with Crippen LogP contribution in [-0.4, -0.2) is 35.1 Å². The Labute approximate surface area is 102 Å². The third-order valence-electron chi connectivity index (χ3n) is 2.50. The van der Waals surface area contributed by atoms with Gasteiger partial charge < -0.3 is 10.0 Å². The number of halogens is 3. The Bertz CT molecular complexity index is 426. The Balaban J connectivity index is 2.84. The van der Waals surface area contributed by atoms with Gasteiger partial charge in [-0.1, -0.05) is 0 Å². The molecule has 0 aromatic heterocycles. The lowest BCUT2D eigenvalue weighted by Gasteiger charge is -2.17. The van der Waals surface area contributed by atoms with Gasteiger partial charge in [-0.2, -0.15) is 18.4 Å². The molecule has 0 unspecified atom stereocenters. The van der Waals surface area contributed by atoms with Crippen molar-refractivity contribution in [1.82, 2.24) is 4.90 Å². The Morgan fingerprint density at radius 2 is 1.83 bits per heavy atom. The Morgan fingerprint density at radius 1 is 1.28 bits per heavy atom. The van der Waals surface area contributed by atoms with E-state index in [0.717, 1.165) is 18.9 Å². The van der Waals surface area contributed by atoms with Crippen LogP contribution in [0.5, 0.6) is 0 Å². The maximum absolute atomic E-state index is 12.0. The zero-order valence-corrected chi connectivity index (χ0v) is 9.46. The van der Waals surface area contributed by atoms with E-state index in [4.69, 9.17) is 15.8 Å². The first-order valence-electron chi connectivity index (χ1n) is 5.28. The van der Waals surface area contributed by atoms with Crippen LogP contribution in [0.4, 0.5) is 13.2 Å². The molecule has 7 heteroatoms. The summed E-state index contributed by atoms with van der Waals surface area (Å²) >= 11 is 0. The maximum atomic E-state index is 12.0. The van der Waals surface area contributed by atoms with Gasteiger partial charge in [-0.05, 0) is 25.0 Å². The number of alkyl halides is 3. The highest BCUT2D eigenvalue weighted by Gasteiger charge is 2.33. The standard InChI is InChI=1S/C11H12F3N3O/c12-11(13,14)9(18)4-3-8(7-15)10(16)17-5-1-2-6-17/h3-4,16,18H,1-2,5-6H2/b8-3-,9-4+,16-10?. The summed E-state index contributed by atoms with van der Waals surface area (Å²) < 4.78 is 36.0. The van der Waals surface area contributed by atoms with Crippen LogP contribution < -0.4 is 0 Å². The molecule has 1 aliphatic heterocycles. The fourth-order valence-corrected chi connectivity index (χ4v) is 1.54. The van der Waals surface area contributed by atoms with Crippen molar-refractivity contribution in [3.8, 4) is 6.07 Å². The van der Waals surface area contributed by atoms with Gasteiger partial charge in [0.05, 0.1) is 5.57 Å². The molecule has 0 aliphatic carbocycles. The van der Waals surface area contributed by atoms with Crippen molar-refractivity contribution in [2.45, 2.75) is 19.0 Å². The van der Waals surface area contributed by atoms with E-state index < -0.39 is 11.9 Å². The molecule has 1 heterocycles. The summed E-state index contributed by atoms with van der Waals surface area (Å²) in [6, 6.07) is 1.66. The monoisotopic (exact) mass is 259 g/mol. The molecule has 0 saturated carbocycles. The van der Waals surface area contributed by atoms with Crippen molar-refractivity contribution in [2.24, 2.45) is 0 Å². The van der Waals surface area contributed by atoms with Gasteiger partial charge in [-0.3, -0.25) is 5.41 Å². The molecule has 1 rings (SSSR count). The number of allylic oxidation sites excluding steroid dienone is 3. The second-order valence-corrected chi connectivity index (χ2v) is 3.78. The number of amidine groups is 1. The summed E-state index contributed by atoms with van der Waals surface area (Å²) in [6.45, 7) is 1.24. The molecule has 98 valence electrons. The van der Waals surface area contributed by atoms with Crippen LogP contribution in [0.15, 0.2) is 23.5 Å². The summed E-state index contributed by atoms with van der Waals surface area (Å²) in [4.78, 5) is 1.62. The number of nitrogens with one attached hydrogen (secondary N) is 1. The maximum Gasteiger partial charge on any atom is 0.448 e. The second-order valence-electron chi connectivity index (χ2n) is 3.78. The first kappa shape index (κ1) is 14.1. The van der Waals surface area contributed by atoms with Crippen LogP contribution in [0, 0.1) is 16.7 Å². The van der Waals surface area contributed by atoms with Gasteiger partial charge in [0.1, 0.15) is 11.9 Å². The molecule has 0 radical (unpaired) electrons. The van der Waals surface area contributed by atoms with Gasteiger partial charge in [-0.15, -0.1) is 0 Å². The number of nitrogens with zero attached hydrogens (tertiary/aromatic N) is 2. The van der Waals surface area contributed by atoms with Crippen LogP contribution >= 0.6 is 0 Å². The number of hydrogen-bond donors (Lipinski definition) is 2. The summed E-state index contributed by atoms with van der Waals surface area (Å²) in [5, 5.41) is 25.2. The number of aliphatic hydroxyl groups is 1. The zero-order valence-electron chi connectivity index (χ0n) is 9.46. The summed E-state index contributed by atoms with van der Waals surface area (Å²) in [5.74, 6) is -1.90. The van der Waals surface area contributed by atoms with Crippen molar-refractivity contribution < 1.29 is 18.3 Å². The molecule has 1 aliphatic rings. The highest BCUT2D eigenvalue weighted by Crippen LogP contribution is 2.23. The number of aliphatic hydroxyl groups excluding tert-OH is 1. The summed E-state index contributed by atoms with van der Waals surface area (Å²) in [7, 11) is 0. The van der Waals surface area contributed by atoms with Crippen molar-refractivity contribution in [2.75, 3.05) is 13.1 Å². The minimum atomic E-state index is -4.84. The Hall–Kier alpha value is -1.97. The van der Waals surface area contributed by atoms with Gasteiger partial charge in [0.2, 0.25) is 0 Å². The first-order chi connectivity index (χ1) is 8.36. The number of hydrogen-bond acceptors (Lipinski definition) is 3. The first-order valence-corrected chi connectivity index (χ1v) is 5.28. The quantitative estimate of drug-likeness (QED) is 0.263. The topological polar surface area (TPSA) is 71.1 Å². The molecule has 1 saturated heterocycles. The van der Waals surface area contributed by atoms with Crippen molar-refractivity contribution >= 4 is 5.84 Å². The number of nitriles is 1. The molecule has 0 amide bonds. The molecule has 0 spiro atoms. The van der Waals surface area contributed by atoms with Gasteiger partial charge in [0.25, 0.3) is 0 Å². The van der Waals surface area contributed by atoms with Crippen LogP contribution in [0.2, 0.25) is 0 Å². The van der Waals surface area contributed by atoms with Crippen LogP contribution in [0.25, 0.3) is 0 Å². The van der Waals surface area contributed by atoms with Crippen molar-refractivity contribution in [3.05, 3.63) is 23.5 Å². The van der Waals surface area contributed by atoms with E-state index in [1.54, 1.807) is 11.0 Å². The summed E-state index contributed by atoms with van der Waals surface area (Å²) in [5.41, 5.74) is -0.201. The van der Waals surface area contributed by atoms with Gasteiger partial charge in [0, 0.05) is 13.1 Å². The van der Waals surface area contributed by atoms with Gasteiger partial charge >= 0.3 is 6.18 Å². The van der Waals surface area contributed by atoms with E-state index in [1.807, 2.05) is 0 Å². The predicted molar refractivity (Wildman–Crippen MR) is 59.0 cm³/mol. The van der Waals surface area contributed by atoms with Crippen LogP contribution in [0.1, 0.15) is 12.8 Å². The Kier molecular flexibility index (Phi) is 4.37. The molecule has 0 aromatic rings. The molecule has 4 nitrogen and oxygen atoms in total. The summed E-state index contributed by atoms with van der Waals surface area (Å²) in [6.07, 6.45) is -1.85. The molecule has 0 aromatic carbocycles. The van der Waals surface area contributed by atoms with Gasteiger partial charge in [-0.25, -0.2) is 0 Å². The molecule has 18 heavy (non-hydrogen) atoms. The number of rotatable bonds is 2. The minimum absolute atomic E-state index is 0.110. The van der Waals surface area contributed by atoms with E-state index >= 15 is 0 Å². The van der Waals surface area contributed by atoms with E-state index in [1.165, 1.54) is 0 Å². The lowest BCUT2D eigenvalue weighted by molar-refractivity contribution is -0.120. The molecular formula is C11H12F3N3O. The van der Waals surface area contributed by atoms with Crippen molar-refractivity contribution in [3.63, 3.8) is 0 Å². The average Bonchev–Trinajstić information content (AvgIpc) is 2.81. The van der Waals surface area contributed by atoms with E-state index in [-0.39, 0.29) is 11.4 Å². The third-order valence-corrected chi connectivity index (χ3v) is 2.50. The highest BCUT2D eigenvalue weighted by atomic mass is 19.4.